The second-order valence-electron chi connectivity index (χ2n) is 4.91. The van der Waals surface area contributed by atoms with E-state index in [0.29, 0.717) is 5.92 Å². The SMILES string of the molecule is Cc1ccc(-c2nc(C3CCCOC3)cs2)n1C. The molecule has 2 aromatic rings. The summed E-state index contributed by atoms with van der Waals surface area (Å²) >= 11 is 1.74. The quantitative estimate of drug-likeness (QED) is 0.830. The van der Waals surface area contributed by atoms with Crippen molar-refractivity contribution in [2.24, 2.45) is 7.05 Å². The summed E-state index contributed by atoms with van der Waals surface area (Å²) in [4.78, 5) is 4.80. The van der Waals surface area contributed by atoms with Gasteiger partial charge in [0.25, 0.3) is 0 Å². The van der Waals surface area contributed by atoms with Crippen LogP contribution in [0, 0.1) is 6.92 Å². The molecule has 0 amide bonds. The number of rotatable bonds is 2. The van der Waals surface area contributed by atoms with Gasteiger partial charge in [-0.1, -0.05) is 0 Å². The Morgan fingerprint density at radius 2 is 2.33 bits per heavy atom. The van der Waals surface area contributed by atoms with E-state index < -0.39 is 0 Å². The molecule has 1 fully saturated rings. The van der Waals surface area contributed by atoms with Crippen molar-refractivity contribution in [3.05, 3.63) is 28.9 Å². The first-order valence-electron chi connectivity index (χ1n) is 6.41. The summed E-state index contributed by atoms with van der Waals surface area (Å²) in [6, 6.07) is 4.29. The maximum Gasteiger partial charge on any atom is 0.140 e. The lowest BCUT2D eigenvalue weighted by molar-refractivity contribution is 0.0795. The Morgan fingerprint density at radius 3 is 3.00 bits per heavy atom. The van der Waals surface area contributed by atoms with Gasteiger partial charge in [0.1, 0.15) is 5.01 Å². The fourth-order valence-electron chi connectivity index (χ4n) is 2.39. The van der Waals surface area contributed by atoms with Crippen molar-refractivity contribution < 1.29 is 4.74 Å². The van der Waals surface area contributed by atoms with E-state index in [1.807, 2.05) is 0 Å². The zero-order valence-electron chi connectivity index (χ0n) is 10.8. The van der Waals surface area contributed by atoms with Crippen molar-refractivity contribution >= 4 is 11.3 Å². The molecule has 0 radical (unpaired) electrons. The van der Waals surface area contributed by atoms with E-state index >= 15 is 0 Å². The van der Waals surface area contributed by atoms with Gasteiger partial charge in [-0.15, -0.1) is 11.3 Å². The minimum absolute atomic E-state index is 0.491. The molecule has 3 nitrogen and oxygen atoms in total. The highest BCUT2D eigenvalue weighted by Crippen LogP contribution is 2.31. The van der Waals surface area contributed by atoms with Crippen molar-refractivity contribution in [2.75, 3.05) is 13.2 Å². The van der Waals surface area contributed by atoms with Gasteiger partial charge in [-0.05, 0) is 31.9 Å². The molecule has 18 heavy (non-hydrogen) atoms. The summed E-state index contributed by atoms with van der Waals surface area (Å²) in [5.41, 5.74) is 3.68. The summed E-state index contributed by atoms with van der Waals surface area (Å²) < 4.78 is 7.73. The highest BCUT2D eigenvalue weighted by molar-refractivity contribution is 7.13. The topological polar surface area (TPSA) is 27.1 Å². The average Bonchev–Trinajstić information content (AvgIpc) is 3.00. The van der Waals surface area contributed by atoms with E-state index in [9.17, 15) is 0 Å². The molecular formula is C14H18N2OS. The zero-order valence-corrected chi connectivity index (χ0v) is 11.7. The lowest BCUT2D eigenvalue weighted by Crippen LogP contribution is -2.15. The first-order chi connectivity index (χ1) is 8.75. The van der Waals surface area contributed by atoms with Crippen LogP contribution in [0.1, 0.15) is 30.1 Å². The number of nitrogens with zero attached hydrogens (tertiary/aromatic N) is 2. The molecule has 0 saturated carbocycles. The molecule has 0 aromatic carbocycles. The summed E-state index contributed by atoms with van der Waals surface area (Å²) in [6.45, 7) is 3.85. The first-order valence-corrected chi connectivity index (χ1v) is 7.29. The van der Waals surface area contributed by atoms with Gasteiger partial charge in [0.05, 0.1) is 18.0 Å². The number of aromatic nitrogens is 2. The third-order valence-corrected chi connectivity index (χ3v) is 4.58. The van der Waals surface area contributed by atoms with E-state index in [0.717, 1.165) is 24.6 Å². The van der Waals surface area contributed by atoms with E-state index in [2.05, 4.69) is 36.1 Å². The second kappa shape index (κ2) is 4.86. The standard InChI is InChI=1S/C14H18N2OS/c1-10-5-6-13(16(10)2)14-15-12(9-18-14)11-4-3-7-17-8-11/h5-6,9,11H,3-4,7-8H2,1-2H3. The minimum atomic E-state index is 0.491. The molecule has 1 aliphatic rings. The summed E-state index contributed by atoms with van der Waals surface area (Å²) in [5, 5.41) is 3.31. The fraction of sp³-hybridized carbons (Fsp3) is 0.500. The Morgan fingerprint density at radius 1 is 1.44 bits per heavy atom. The Kier molecular flexibility index (Phi) is 3.22. The van der Waals surface area contributed by atoms with Crippen molar-refractivity contribution in [2.45, 2.75) is 25.7 Å². The van der Waals surface area contributed by atoms with Gasteiger partial charge < -0.3 is 9.30 Å². The van der Waals surface area contributed by atoms with Crippen LogP contribution < -0.4 is 0 Å². The molecule has 2 aromatic heterocycles. The van der Waals surface area contributed by atoms with E-state index in [1.165, 1.54) is 23.5 Å². The summed E-state index contributed by atoms with van der Waals surface area (Å²) in [6.07, 6.45) is 2.36. The molecule has 3 rings (SSSR count). The van der Waals surface area contributed by atoms with E-state index in [-0.39, 0.29) is 0 Å². The zero-order chi connectivity index (χ0) is 12.5. The van der Waals surface area contributed by atoms with Gasteiger partial charge in [0.15, 0.2) is 0 Å². The molecule has 1 unspecified atom stereocenters. The Labute approximate surface area is 111 Å². The molecule has 0 spiro atoms. The van der Waals surface area contributed by atoms with Crippen LogP contribution >= 0.6 is 11.3 Å². The number of hydrogen-bond donors (Lipinski definition) is 0. The molecule has 0 bridgehead atoms. The van der Waals surface area contributed by atoms with Gasteiger partial charge in [0.2, 0.25) is 0 Å². The average molecular weight is 262 g/mol. The molecule has 3 heterocycles. The largest absolute Gasteiger partial charge is 0.381 e. The third kappa shape index (κ3) is 2.10. The van der Waals surface area contributed by atoms with E-state index in [4.69, 9.17) is 9.72 Å². The molecule has 4 heteroatoms. The number of ether oxygens (including phenoxy) is 1. The first kappa shape index (κ1) is 11.9. The normalized spacial score (nSPS) is 20.2. The van der Waals surface area contributed by atoms with Gasteiger partial charge in [-0.3, -0.25) is 0 Å². The summed E-state index contributed by atoms with van der Waals surface area (Å²) in [5.74, 6) is 0.491. The fourth-order valence-corrected chi connectivity index (χ4v) is 3.35. The van der Waals surface area contributed by atoms with Crippen molar-refractivity contribution in [1.82, 2.24) is 9.55 Å². The second-order valence-corrected chi connectivity index (χ2v) is 5.77. The highest BCUT2D eigenvalue weighted by atomic mass is 32.1. The predicted octanol–water partition coefficient (Wildman–Crippen LogP) is 3.35. The third-order valence-electron chi connectivity index (χ3n) is 3.69. The number of hydrogen-bond acceptors (Lipinski definition) is 3. The van der Waals surface area contributed by atoms with Crippen LogP contribution in [0.25, 0.3) is 10.7 Å². The minimum Gasteiger partial charge on any atom is -0.381 e. The Bertz CT molecular complexity index is 538. The lowest BCUT2D eigenvalue weighted by atomic mass is 10.00. The molecule has 1 aliphatic heterocycles. The molecule has 0 aliphatic carbocycles. The molecule has 96 valence electrons. The summed E-state index contributed by atoms with van der Waals surface area (Å²) in [7, 11) is 2.09. The van der Waals surface area contributed by atoms with Gasteiger partial charge >= 0.3 is 0 Å². The highest BCUT2D eigenvalue weighted by Gasteiger charge is 2.19. The Hall–Kier alpha value is -1.13. The smallest absolute Gasteiger partial charge is 0.140 e. The Balaban J connectivity index is 1.87. The van der Waals surface area contributed by atoms with Gasteiger partial charge in [0, 0.05) is 30.6 Å². The van der Waals surface area contributed by atoms with Crippen LogP contribution in [-0.2, 0) is 11.8 Å². The van der Waals surface area contributed by atoms with Crippen LogP contribution in [0.15, 0.2) is 17.5 Å². The van der Waals surface area contributed by atoms with Crippen LogP contribution in [0.4, 0.5) is 0 Å². The monoisotopic (exact) mass is 262 g/mol. The van der Waals surface area contributed by atoms with Crippen molar-refractivity contribution in [3.63, 3.8) is 0 Å². The molecular weight excluding hydrogens is 244 g/mol. The number of thiazole rings is 1. The van der Waals surface area contributed by atoms with Crippen molar-refractivity contribution in [1.29, 1.82) is 0 Å². The van der Waals surface area contributed by atoms with Crippen LogP contribution in [-0.4, -0.2) is 22.8 Å². The predicted molar refractivity (Wildman–Crippen MR) is 74.1 cm³/mol. The molecule has 0 N–H and O–H groups in total. The van der Waals surface area contributed by atoms with Crippen LogP contribution in [0.2, 0.25) is 0 Å². The lowest BCUT2D eigenvalue weighted by Gasteiger charge is -2.20. The van der Waals surface area contributed by atoms with Gasteiger partial charge in [-0.2, -0.15) is 0 Å². The van der Waals surface area contributed by atoms with Crippen molar-refractivity contribution in [3.8, 4) is 10.7 Å². The van der Waals surface area contributed by atoms with Crippen LogP contribution in [0.5, 0.6) is 0 Å². The molecule has 1 atom stereocenters. The maximum atomic E-state index is 5.54. The number of aryl methyl sites for hydroxylation is 1. The molecule has 1 saturated heterocycles. The van der Waals surface area contributed by atoms with Gasteiger partial charge in [-0.25, -0.2) is 4.98 Å². The van der Waals surface area contributed by atoms with E-state index in [1.54, 1.807) is 11.3 Å². The van der Waals surface area contributed by atoms with Crippen LogP contribution in [0.3, 0.4) is 0 Å². The maximum absolute atomic E-state index is 5.54.